The van der Waals surface area contributed by atoms with Crippen LogP contribution in [-0.2, 0) is 16.0 Å². The molecular weight excluding hydrogens is 342 g/mol. The predicted molar refractivity (Wildman–Crippen MR) is 96.8 cm³/mol. The van der Waals surface area contributed by atoms with Gasteiger partial charge in [-0.05, 0) is 47.9 Å². The molecule has 0 saturated carbocycles. The molecule has 0 aromatic heterocycles. The van der Waals surface area contributed by atoms with E-state index < -0.39 is 5.97 Å². The van der Waals surface area contributed by atoms with E-state index in [1.54, 1.807) is 30.3 Å². The van der Waals surface area contributed by atoms with Crippen molar-refractivity contribution < 1.29 is 19.4 Å². The molecule has 5 nitrogen and oxygen atoms in total. The second-order valence-corrected chi connectivity index (χ2v) is 5.69. The Morgan fingerprint density at radius 1 is 1.08 bits per heavy atom. The van der Waals surface area contributed by atoms with Gasteiger partial charge < -0.3 is 15.2 Å². The van der Waals surface area contributed by atoms with Gasteiger partial charge in [0.25, 0.3) is 0 Å². The molecule has 0 heterocycles. The van der Waals surface area contributed by atoms with Crippen LogP contribution in [0.2, 0.25) is 5.02 Å². The first-order valence-electron chi connectivity index (χ1n) is 7.68. The molecule has 0 unspecified atom stereocenters. The average Bonchev–Trinajstić information content (AvgIpc) is 2.60. The van der Waals surface area contributed by atoms with Gasteiger partial charge in [-0.25, -0.2) is 4.79 Å². The van der Waals surface area contributed by atoms with E-state index in [-0.39, 0.29) is 12.5 Å². The summed E-state index contributed by atoms with van der Waals surface area (Å²) in [5.74, 6) is -0.684. The first-order chi connectivity index (χ1) is 12.0. The lowest BCUT2D eigenvalue weighted by atomic mass is 10.1. The normalized spacial score (nSPS) is 10.6. The number of carbonyl (C=O) groups is 2. The molecule has 2 N–H and O–H groups in total. The second kappa shape index (κ2) is 9.49. The molecule has 0 bridgehead atoms. The van der Waals surface area contributed by atoms with Crippen LogP contribution in [0.5, 0.6) is 5.75 Å². The topological polar surface area (TPSA) is 75.6 Å². The molecular formula is C19H18ClNO4. The number of nitrogens with one attached hydrogen (secondary N) is 1. The molecule has 0 aliphatic heterocycles. The number of carboxylic acids is 1. The standard InChI is InChI=1S/C19H18ClNO4/c20-16-6-1-14(2-7-16)5-10-18(22)21-12-11-15-3-8-17(9-4-15)25-13-19(23)24/h1-10H,11-13H2,(H,21,22)(H,23,24)/b10-5+. The minimum absolute atomic E-state index is 0.170. The molecule has 0 aliphatic rings. The van der Waals surface area contributed by atoms with E-state index in [4.69, 9.17) is 21.4 Å². The van der Waals surface area contributed by atoms with E-state index in [0.29, 0.717) is 23.7 Å². The number of carbonyl (C=O) groups excluding carboxylic acids is 1. The molecule has 0 atom stereocenters. The third-order valence-corrected chi connectivity index (χ3v) is 3.55. The van der Waals surface area contributed by atoms with Crippen LogP contribution in [0.1, 0.15) is 11.1 Å². The van der Waals surface area contributed by atoms with Crippen molar-refractivity contribution in [2.75, 3.05) is 13.2 Å². The van der Waals surface area contributed by atoms with Crippen molar-refractivity contribution >= 4 is 29.6 Å². The molecule has 2 rings (SSSR count). The zero-order chi connectivity index (χ0) is 18.1. The largest absolute Gasteiger partial charge is 0.482 e. The fourth-order valence-corrected chi connectivity index (χ4v) is 2.16. The number of hydrogen-bond donors (Lipinski definition) is 2. The van der Waals surface area contributed by atoms with Gasteiger partial charge in [-0.1, -0.05) is 35.9 Å². The van der Waals surface area contributed by atoms with Crippen LogP contribution in [0.15, 0.2) is 54.6 Å². The lowest BCUT2D eigenvalue weighted by Crippen LogP contribution is -2.23. The molecule has 0 radical (unpaired) electrons. The maximum absolute atomic E-state index is 11.8. The average molecular weight is 360 g/mol. The number of amides is 1. The van der Waals surface area contributed by atoms with Crippen LogP contribution >= 0.6 is 11.6 Å². The summed E-state index contributed by atoms with van der Waals surface area (Å²) >= 11 is 5.80. The van der Waals surface area contributed by atoms with Gasteiger partial charge in [-0.3, -0.25) is 4.79 Å². The molecule has 6 heteroatoms. The van der Waals surface area contributed by atoms with E-state index >= 15 is 0 Å². The summed E-state index contributed by atoms with van der Waals surface area (Å²) in [6, 6.07) is 14.3. The van der Waals surface area contributed by atoms with Crippen LogP contribution in [0, 0.1) is 0 Å². The number of ether oxygens (including phenoxy) is 1. The molecule has 0 spiro atoms. The minimum atomic E-state index is -1.02. The number of rotatable bonds is 8. The van der Waals surface area contributed by atoms with Crippen LogP contribution in [0.3, 0.4) is 0 Å². The number of hydrogen-bond acceptors (Lipinski definition) is 3. The summed E-state index contributed by atoms with van der Waals surface area (Å²) in [6.45, 7) is 0.133. The molecule has 1 amide bonds. The maximum atomic E-state index is 11.8. The van der Waals surface area contributed by atoms with Gasteiger partial charge in [0.15, 0.2) is 6.61 Å². The van der Waals surface area contributed by atoms with Gasteiger partial charge in [0.2, 0.25) is 5.91 Å². The highest BCUT2D eigenvalue weighted by atomic mass is 35.5. The number of aliphatic carboxylic acids is 1. The maximum Gasteiger partial charge on any atom is 0.341 e. The molecule has 130 valence electrons. The highest BCUT2D eigenvalue weighted by Crippen LogP contribution is 2.12. The van der Waals surface area contributed by atoms with E-state index in [9.17, 15) is 9.59 Å². The summed E-state index contributed by atoms with van der Waals surface area (Å²) in [5, 5.41) is 12.0. The molecule has 0 saturated heterocycles. The summed E-state index contributed by atoms with van der Waals surface area (Å²) < 4.78 is 5.06. The fourth-order valence-electron chi connectivity index (χ4n) is 2.03. The van der Waals surface area contributed by atoms with Crippen molar-refractivity contribution in [3.8, 4) is 5.75 Å². The van der Waals surface area contributed by atoms with Crippen molar-refractivity contribution in [1.82, 2.24) is 5.32 Å². The van der Waals surface area contributed by atoms with Crippen LogP contribution in [0.25, 0.3) is 6.08 Å². The molecule has 0 aliphatic carbocycles. The Hall–Kier alpha value is -2.79. The summed E-state index contributed by atoms with van der Waals surface area (Å²) in [4.78, 5) is 22.2. The van der Waals surface area contributed by atoms with Crippen molar-refractivity contribution in [3.63, 3.8) is 0 Å². The Kier molecular flexibility index (Phi) is 7.04. The predicted octanol–water partition coefficient (Wildman–Crippen LogP) is 3.18. The quantitative estimate of drug-likeness (QED) is 0.710. The van der Waals surface area contributed by atoms with Gasteiger partial charge in [0, 0.05) is 17.6 Å². The highest BCUT2D eigenvalue weighted by molar-refractivity contribution is 6.30. The monoisotopic (exact) mass is 359 g/mol. The van der Waals surface area contributed by atoms with Crippen molar-refractivity contribution in [1.29, 1.82) is 0 Å². The zero-order valence-corrected chi connectivity index (χ0v) is 14.2. The van der Waals surface area contributed by atoms with Gasteiger partial charge in [0.05, 0.1) is 0 Å². The Balaban J connectivity index is 1.73. The molecule has 2 aromatic rings. The Bertz CT molecular complexity index is 739. The lowest BCUT2D eigenvalue weighted by molar-refractivity contribution is -0.139. The van der Waals surface area contributed by atoms with Gasteiger partial charge in [-0.2, -0.15) is 0 Å². The zero-order valence-electron chi connectivity index (χ0n) is 13.4. The Morgan fingerprint density at radius 3 is 2.40 bits per heavy atom. The Morgan fingerprint density at radius 2 is 1.76 bits per heavy atom. The lowest BCUT2D eigenvalue weighted by Gasteiger charge is -2.06. The van der Waals surface area contributed by atoms with Crippen molar-refractivity contribution in [2.24, 2.45) is 0 Å². The number of carboxylic acid groups (broad SMARTS) is 1. The third-order valence-electron chi connectivity index (χ3n) is 3.30. The van der Waals surface area contributed by atoms with Crippen LogP contribution in [-0.4, -0.2) is 30.1 Å². The molecule has 0 fully saturated rings. The minimum Gasteiger partial charge on any atom is -0.482 e. The summed E-state index contributed by atoms with van der Waals surface area (Å²) in [7, 11) is 0. The van der Waals surface area contributed by atoms with Crippen LogP contribution in [0.4, 0.5) is 0 Å². The third kappa shape index (κ3) is 7.10. The first kappa shape index (κ1) is 18.5. The first-order valence-corrected chi connectivity index (χ1v) is 8.06. The second-order valence-electron chi connectivity index (χ2n) is 5.25. The smallest absolute Gasteiger partial charge is 0.341 e. The Labute approximate surface area is 150 Å². The molecule has 25 heavy (non-hydrogen) atoms. The van der Waals surface area contributed by atoms with E-state index in [2.05, 4.69) is 5.32 Å². The van der Waals surface area contributed by atoms with E-state index in [0.717, 1.165) is 11.1 Å². The van der Waals surface area contributed by atoms with E-state index in [1.807, 2.05) is 24.3 Å². The summed E-state index contributed by atoms with van der Waals surface area (Å²) in [6.07, 6.45) is 3.87. The van der Waals surface area contributed by atoms with Gasteiger partial charge >= 0.3 is 5.97 Å². The SMILES string of the molecule is O=C(O)COc1ccc(CCNC(=O)/C=C/c2ccc(Cl)cc2)cc1. The van der Waals surface area contributed by atoms with Gasteiger partial charge in [0.1, 0.15) is 5.75 Å². The number of halogens is 1. The van der Waals surface area contributed by atoms with Crippen molar-refractivity contribution in [2.45, 2.75) is 6.42 Å². The molecule has 2 aromatic carbocycles. The van der Waals surface area contributed by atoms with Gasteiger partial charge in [-0.15, -0.1) is 0 Å². The van der Waals surface area contributed by atoms with Crippen molar-refractivity contribution in [3.05, 3.63) is 70.8 Å². The fraction of sp³-hybridized carbons (Fsp3) is 0.158. The van der Waals surface area contributed by atoms with Crippen LogP contribution < -0.4 is 10.1 Å². The summed E-state index contributed by atoms with van der Waals surface area (Å²) in [5.41, 5.74) is 1.92. The van der Waals surface area contributed by atoms with E-state index in [1.165, 1.54) is 6.08 Å². The number of benzene rings is 2. The highest BCUT2D eigenvalue weighted by Gasteiger charge is 2.00.